The maximum absolute atomic E-state index is 12.1. The first-order valence-electron chi connectivity index (χ1n) is 6.93. The third-order valence-electron chi connectivity index (χ3n) is 3.64. The first-order valence-corrected chi connectivity index (χ1v) is 6.93. The molecule has 0 spiro atoms. The minimum absolute atomic E-state index is 0.144. The fraction of sp³-hybridized carbons (Fsp3) is 0.600. The number of hydrogen-bond acceptors (Lipinski definition) is 3. The van der Waals surface area contributed by atoms with Crippen LogP contribution in [0.2, 0.25) is 0 Å². The van der Waals surface area contributed by atoms with Crippen molar-refractivity contribution < 1.29 is 4.79 Å². The summed E-state index contributed by atoms with van der Waals surface area (Å²) in [5.41, 5.74) is 1.18. The minimum atomic E-state index is 0.144. The molecule has 19 heavy (non-hydrogen) atoms. The monoisotopic (exact) mass is 261 g/mol. The van der Waals surface area contributed by atoms with E-state index in [0.29, 0.717) is 5.92 Å². The number of rotatable bonds is 6. The van der Waals surface area contributed by atoms with Gasteiger partial charge in [0.2, 0.25) is 5.91 Å². The van der Waals surface area contributed by atoms with Crippen LogP contribution in [0.25, 0.3) is 0 Å². The van der Waals surface area contributed by atoms with Gasteiger partial charge in [0.25, 0.3) is 0 Å². The number of hydrogen-bond donors (Lipinski definition) is 1. The maximum atomic E-state index is 12.1. The van der Waals surface area contributed by atoms with Gasteiger partial charge in [0.1, 0.15) is 0 Å². The number of carbonyl (C=O) groups excluding carboxylic acids is 1. The van der Waals surface area contributed by atoms with E-state index in [1.807, 2.05) is 26.4 Å². The molecule has 0 saturated heterocycles. The summed E-state index contributed by atoms with van der Waals surface area (Å²) in [7, 11) is 4.10. The van der Waals surface area contributed by atoms with Crippen molar-refractivity contribution in [2.24, 2.45) is 5.92 Å². The lowest BCUT2D eigenvalue weighted by Gasteiger charge is -2.16. The van der Waals surface area contributed by atoms with Crippen LogP contribution in [-0.4, -0.2) is 42.5 Å². The molecule has 0 bridgehead atoms. The predicted molar refractivity (Wildman–Crippen MR) is 75.9 cm³/mol. The zero-order chi connectivity index (χ0) is 13.8. The minimum Gasteiger partial charge on any atom is -0.353 e. The van der Waals surface area contributed by atoms with Gasteiger partial charge in [-0.2, -0.15) is 0 Å². The average Bonchev–Trinajstić information content (AvgIpc) is 3.18. The van der Waals surface area contributed by atoms with Crippen molar-refractivity contribution in [3.05, 3.63) is 30.1 Å². The summed E-state index contributed by atoms with van der Waals surface area (Å²) in [6, 6.07) is 4.23. The molecule has 1 heterocycles. The predicted octanol–water partition coefficient (Wildman–Crippen LogP) is 1.64. The first-order chi connectivity index (χ1) is 9.08. The summed E-state index contributed by atoms with van der Waals surface area (Å²) in [5.74, 6) is 0.709. The average molecular weight is 261 g/mol. The van der Waals surface area contributed by atoms with E-state index in [0.717, 1.165) is 19.4 Å². The maximum Gasteiger partial charge on any atom is 0.223 e. The Bertz CT molecular complexity index is 419. The lowest BCUT2D eigenvalue weighted by atomic mass is 10.1. The molecule has 2 rings (SSSR count). The molecule has 104 valence electrons. The zero-order valence-corrected chi connectivity index (χ0v) is 12.0. The Labute approximate surface area is 115 Å². The van der Waals surface area contributed by atoms with Crippen LogP contribution in [0.5, 0.6) is 0 Å². The molecule has 4 nitrogen and oxygen atoms in total. The van der Waals surface area contributed by atoms with Crippen molar-refractivity contribution in [1.82, 2.24) is 15.2 Å². The lowest BCUT2D eigenvalue weighted by Crippen LogP contribution is -2.36. The van der Waals surface area contributed by atoms with Gasteiger partial charge in [0, 0.05) is 24.4 Å². The molecule has 1 saturated carbocycles. The molecular weight excluding hydrogens is 238 g/mol. The first kappa shape index (κ1) is 14.0. The molecule has 3 atom stereocenters. The van der Waals surface area contributed by atoms with Gasteiger partial charge in [-0.3, -0.25) is 9.78 Å². The van der Waals surface area contributed by atoms with E-state index < -0.39 is 0 Å². The van der Waals surface area contributed by atoms with Crippen molar-refractivity contribution >= 4 is 5.91 Å². The van der Waals surface area contributed by atoms with Crippen LogP contribution in [0.15, 0.2) is 24.5 Å². The highest BCUT2D eigenvalue weighted by molar-refractivity contribution is 5.83. The molecule has 1 amide bonds. The Morgan fingerprint density at radius 2 is 2.37 bits per heavy atom. The number of amides is 1. The summed E-state index contributed by atoms with van der Waals surface area (Å²) in [6.07, 6.45) is 5.58. The summed E-state index contributed by atoms with van der Waals surface area (Å²) in [6.45, 7) is 3.07. The van der Waals surface area contributed by atoms with Gasteiger partial charge in [-0.05, 0) is 58.0 Å². The molecule has 0 radical (unpaired) electrons. The molecule has 1 N–H and O–H groups in total. The van der Waals surface area contributed by atoms with E-state index in [2.05, 4.69) is 28.2 Å². The SMILES string of the molecule is CC(CCN(C)C)NC(=O)C1CC1c1cccnc1. The molecule has 0 aliphatic heterocycles. The highest BCUT2D eigenvalue weighted by atomic mass is 16.2. The topological polar surface area (TPSA) is 45.2 Å². The van der Waals surface area contributed by atoms with Crippen molar-refractivity contribution in [2.45, 2.75) is 31.7 Å². The molecular formula is C15H23N3O. The van der Waals surface area contributed by atoms with Crippen LogP contribution >= 0.6 is 0 Å². The van der Waals surface area contributed by atoms with Crippen molar-refractivity contribution in [3.63, 3.8) is 0 Å². The van der Waals surface area contributed by atoms with Gasteiger partial charge >= 0.3 is 0 Å². The molecule has 4 heteroatoms. The number of nitrogens with one attached hydrogen (secondary N) is 1. The Morgan fingerprint density at radius 1 is 1.58 bits per heavy atom. The number of nitrogens with zero attached hydrogens (tertiary/aromatic N) is 2. The van der Waals surface area contributed by atoms with Crippen molar-refractivity contribution in [1.29, 1.82) is 0 Å². The summed E-state index contributed by atoms with van der Waals surface area (Å²) in [4.78, 5) is 18.3. The second-order valence-electron chi connectivity index (χ2n) is 5.74. The summed E-state index contributed by atoms with van der Waals surface area (Å²) in [5, 5.41) is 3.11. The molecule has 1 aromatic rings. The van der Waals surface area contributed by atoms with Gasteiger partial charge < -0.3 is 10.2 Å². The van der Waals surface area contributed by atoms with Crippen LogP contribution in [0, 0.1) is 5.92 Å². The fourth-order valence-corrected chi connectivity index (χ4v) is 2.32. The quantitative estimate of drug-likeness (QED) is 0.847. The summed E-state index contributed by atoms with van der Waals surface area (Å²) >= 11 is 0. The van der Waals surface area contributed by atoms with Gasteiger partial charge in [-0.1, -0.05) is 6.07 Å². The fourth-order valence-electron chi connectivity index (χ4n) is 2.32. The molecule has 1 aromatic heterocycles. The molecule has 3 unspecified atom stereocenters. The van der Waals surface area contributed by atoms with Crippen molar-refractivity contribution in [3.8, 4) is 0 Å². The van der Waals surface area contributed by atoms with Crippen LogP contribution in [0.3, 0.4) is 0 Å². The Morgan fingerprint density at radius 3 is 3.00 bits per heavy atom. The summed E-state index contributed by atoms with van der Waals surface area (Å²) < 4.78 is 0. The standard InChI is InChI=1S/C15H23N3O/c1-11(6-8-18(2)3)17-15(19)14-9-13(14)12-5-4-7-16-10-12/h4-5,7,10-11,13-14H,6,8-9H2,1-3H3,(H,17,19). The van der Waals surface area contributed by atoms with Crippen LogP contribution in [-0.2, 0) is 4.79 Å². The van der Waals surface area contributed by atoms with E-state index in [4.69, 9.17) is 0 Å². The molecule has 1 aliphatic carbocycles. The van der Waals surface area contributed by atoms with E-state index in [-0.39, 0.29) is 17.9 Å². The second-order valence-corrected chi connectivity index (χ2v) is 5.74. The molecule has 1 fully saturated rings. The smallest absolute Gasteiger partial charge is 0.223 e. The highest BCUT2D eigenvalue weighted by Crippen LogP contribution is 2.47. The largest absolute Gasteiger partial charge is 0.353 e. The second kappa shape index (κ2) is 6.15. The van der Waals surface area contributed by atoms with Gasteiger partial charge in [0.15, 0.2) is 0 Å². The molecule has 1 aliphatic rings. The van der Waals surface area contributed by atoms with Gasteiger partial charge in [0.05, 0.1) is 0 Å². The third-order valence-corrected chi connectivity index (χ3v) is 3.64. The Balaban J connectivity index is 1.77. The number of carbonyl (C=O) groups is 1. The van der Waals surface area contributed by atoms with Crippen LogP contribution in [0.4, 0.5) is 0 Å². The third kappa shape index (κ3) is 4.03. The Kier molecular flexibility index (Phi) is 4.53. The van der Waals surface area contributed by atoms with E-state index in [9.17, 15) is 4.79 Å². The van der Waals surface area contributed by atoms with Crippen LogP contribution in [0.1, 0.15) is 31.2 Å². The number of aromatic nitrogens is 1. The number of pyridine rings is 1. The van der Waals surface area contributed by atoms with E-state index >= 15 is 0 Å². The molecule has 0 aromatic carbocycles. The van der Waals surface area contributed by atoms with Gasteiger partial charge in [-0.15, -0.1) is 0 Å². The van der Waals surface area contributed by atoms with Crippen molar-refractivity contribution in [2.75, 3.05) is 20.6 Å². The normalized spacial score (nSPS) is 23.2. The Hall–Kier alpha value is -1.42. The van der Waals surface area contributed by atoms with E-state index in [1.165, 1.54) is 5.56 Å². The van der Waals surface area contributed by atoms with Crippen LogP contribution < -0.4 is 5.32 Å². The van der Waals surface area contributed by atoms with Gasteiger partial charge in [-0.25, -0.2) is 0 Å². The zero-order valence-electron chi connectivity index (χ0n) is 12.0. The lowest BCUT2D eigenvalue weighted by molar-refractivity contribution is -0.123. The highest BCUT2D eigenvalue weighted by Gasteiger charge is 2.44. The van der Waals surface area contributed by atoms with E-state index in [1.54, 1.807) is 6.20 Å².